The molecule has 3 fully saturated rings. The number of nitrogens with zero attached hydrogens (tertiary/aromatic N) is 1. The summed E-state index contributed by atoms with van der Waals surface area (Å²) in [6, 6.07) is 0.890. The highest BCUT2D eigenvalue weighted by atomic mass is 15.2. The first-order chi connectivity index (χ1) is 9.18. The molecule has 19 heavy (non-hydrogen) atoms. The predicted molar refractivity (Wildman–Crippen MR) is 79.0 cm³/mol. The van der Waals surface area contributed by atoms with E-state index in [2.05, 4.69) is 36.3 Å². The van der Waals surface area contributed by atoms with E-state index in [9.17, 15) is 0 Å². The number of likely N-dealkylation sites (tertiary alicyclic amines) is 1. The Kier molecular flexibility index (Phi) is 2.82. The van der Waals surface area contributed by atoms with E-state index >= 15 is 0 Å². The van der Waals surface area contributed by atoms with Crippen molar-refractivity contribution in [3.8, 4) is 0 Å². The lowest BCUT2D eigenvalue weighted by molar-refractivity contribution is -0.0820. The number of piperidine rings is 1. The Morgan fingerprint density at radius 3 is 2.89 bits per heavy atom. The fourth-order valence-electron chi connectivity index (χ4n) is 5.88. The highest BCUT2D eigenvalue weighted by molar-refractivity contribution is 5.14. The van der Waals surface area contributed by atoms with Crippen LogP contribution >= 0.6 is 0 Å². The molecule has 2 heterocycles. The fourth-order valence-corrected chi connectivity index (χ4v) is 5.88. The van der Waals surface area contributed by atoms with Crippen molar-refractivity contribution < 1.29 is 0 Å². The van der Waals surface area contributed by atoms with Crippen LogP contribution in [0.15, 0.2) is 12.2 Å². The van der Waals surface area contributed by atoms with Gasteiger partial charge in [-0.1, -0.05) is 19.1 Å². The van der Waals surface area contributed by atoms with Crippen LogP contribution in [-0.2, 0) is 0 Å². The molecule has 1 N–H and O–H groups in total. The Balaban J connectivity index is 1.67. The first-order valence-corrected chi connectivity index (χ1v) is 8.28. The van der Waals surface area contributed by atoms with Crippen LogP contribution in [0.25, 0.3) is 0 Å². The summed E-state index contributed by atoms with van der Waals surface area (Å²) in [6.07, 6.45) is 11.9. The van der Waals surface area contributed by atoms with Gasteiger partial charge >= 0.3 is 0 Å². The average Bonchev–Trinajstić information content (AvgIpc) is 2.40. The predicted octanol–water partition coefficient (Wildman–Crippen LogP) is 2.66. The largest absolute Gasteiger partial charge is 0.307 e. The van der Waals surface area contributed by atoms with Crippen LogP contribution in [-0.4, -0.2) is 36.6 Å². The Morgan fingerprint density at radius 2 is 2.11 bits per heavy atom. The third kappa shape index (κ3) is 1.83. The first-order valence-electron chi connectivity index (χ1n) is 8.28. The lowest BCUT2D eigenvalue weighted by atomic mass is 9.54. The quantitative estimate of drug-likeness (QED) is 0.674. The molecule has 2 saturated carbocycles. The molecule has 6 atom stereocenters. The van der Waals surface area contributed by atoms with Gasteiger partial charge in [-0.2, -0.15) is 0 Å². The molecule has 0 radical (unpaired) electrons. The molecule has 2 nitrogen and oxygen atoms in total. The monoisotopic (exact) mass is 260 g/mol. The van der Waals surface area contributed by atoms with Gasteiger partial charge in [-0.15, -0.1) is 0 Å². The molecule has 0 aromatic rings. The van der Waals surface area contributed by atoms with Crippen LogP contribution in [0.5, 0.6) is 0 Å². The van der Waals surface area contributed by atoms with E-state index in [4.69, 9.17) is 0 Å². The van der Waals surface area contributed by atoms with E-state index in [1.54, 1.807) is 0 Å². The van der Waals surface area contributed by atoms with E-state index in [-0.39, 0.29) is 0 Å². The van der Waals surface area contributed by atoms with Crippen LogP contribution in [0, 0.1) is 23.7 Å². The number of rotatable bonds is 0. The number of fused-ring (bicyclic) bond motifs is 2. The second kappa shape index (κ2) is 4.33. The third-order valence-corrected chi connectivity index (χ3v) is 6.71. The minimum absolute atomic E-state index is 0.437. The van der Waals surface area contributed by atoms with Gasteiger partial charge in [0.05, 0.1) is 0 Å². The van der Waals surface area contributed by atoms with Gasteiger partial charge in [-0.3, -0.25) is 0 Å². The molecule has 1 saturated heterocycles. The molecular weight excluding hydrogens is 232 g/mol. The van der Waals surface area contributed by atoms with Gasteiger partial charge in [-0.05, 0) is 62.8 Å². The molecule has 106 valence electrons. The lowest BCUT2D eigenvalue weighted by Gasteiger charge is -2.61. The molecule has 2 aliphatic carbocycles. The van der Waals surface area contributed by atoms with Gasteiger partial charge in [0.15, 0.2) is 0 Å². The summed E-state index contributed by atoms with van der Waals surface area (Å²) in [4.78, 5) is 2.71. The standard InChI is InChI=1S/C17H28N2/c1-12-7-13-10-17(5-3-4-6-18-17)14-9-15(13)16(8-12)19(2)11-14/h3-4,12-16,18H,5-11H2,1-2H3/t12-,13+,14-,15-,16+,17-/m0/s1. The van der Waals surface area contributed by atoms with Crippen molar-refractivity contribution in [2.24, 2.45) is 23.7 Å². The van der Waals surface area contributed by atoms with Crippen molar-refractivity contribution in [2.45, 2.75) is 50.6 Å². The first kappa shape index (κ1) is 12.4. The lowest BCUT2D eigenvalue weighted by Crippen LogP contribution is -2.66. The van der Waals surface area contributed by atoms with Crippen molar-refractivity contribution in [1.82, 2.24) is 10.2 Å². The van der Waals surface area contributed by atoms with E-state index in [0.29, 0.717) is 5.54 Å². The summed E-state index contributed by atoms with van der Waals surface area (Å²) in [5.74, 6) is 3.79. The van der Waals surface area contributed by atoms with Gasteiger partial charge < -0.3 is 10.2 Å². The van der Waals surface area contributed by atoms with Crippen LogP contribution < -0.4 is 5.32 Å². The molecule has 0 aromatic carbocycles. The molecule has 4 aliphatic rings. The van der Waals surface area contributed by atoms with Crippen molar-refractivity contribution in [3.63, 3.8) is 0 Å². The summed E-state index contributed by atoms with van der Waals surface area (Å²) < 4.78 is 0. The molecule has 0 aromatic heterocycles. The summed E-state index contributed by atoms with van der Waals surface area (Å²) >= 11 is 0. The summed E-state index contributed by atoms with van der Waals surface area (Å²) in [6.45, 7) is 4.89. The maximum atomic E-state index is 3.92. The highest BCUT2D eigenvalue weighted by Crippen LogP contribution is 2.53. The average molecular weight is 260 g/mol. The normalized spacial score (nSPS) is 53.5. The topological polar surface area (TPSA) is 15.3 Å². The maximum absolute atomic E-state index is 3.92. The molecular formula is C17H28N2. The van der Waals surface area contributed by atoms with Crippen LogP contribution in [0.2, 0.25) is 0 Å². The number of hydrogen-bond acceptors (Lipinski definition) is 2. The molecule has 0 amide bonds. The molecule has 2 aliphatic heterocycles. The van der Waals surface area contributed by atoms with Crippen molar-refractivity contribution >= 4 is 0 Å². The van der Waals surface area contributed by atoms with Gasteiger partial charge in [0.2, 0.25) is 0 Å². The van der Waals surface area contributed by atoms with Crippen LogP contribution in [0.4, 0.5) is 0 Å². The molecule has 2 bridgehead atoms. The van der Waals surface area contributed by atoms with Crippen molar-refractivity contribution in [2.75, 3.05) is 20.1 Å². The van der Waals surface area contributed by atoms with Crippen molar-refractivity contribution in [3.05, 3.63) is 12.2 Å². The van der Waals surface area contributed by atoms with Crippen molar-refractivity contribution in [1.29, 1.82) is 0 Å². The summed E-state index contributed by atoms with van der Waals surface area (Å²) in [7, 11) is 2.39. The molecule has 1 spiro atoms. The van der Waals surface area contributed by atoms with Crippen LogP contribution in [0.3, 0.4) is 0 Å². The minimum Gasteiger partial charge on any atom is -0.307 e. The number of hydrogen-bond donors (Lipinski definition) is 1. The SMILES string of the molecule is C[C@H]1C[C@@H]2C[C@@]3(CC=CCN3)[C@H]3C[C@@H]2[C@@H](C1)N(C)C3. The van der Waals surface area contributed by atoms with E-state index in [1.165, 1.54) is 38.6 Å². The zero-order valence-corrected chi connectivity index (χ0v) is 12.4. The maximum Gasteiger partial charge on any atom is 0.0262 e. The zero-order chi connectivity index (χ0) is 13.0. The Labute approximate surface area is 117 Å². The van der Waals surface area contributed by atoms with Gasteiger partial charge in [-0.25, -0.2) is 0 Å². The van der Waals surface area contributed by atoms with Gasteiger partial charge in [0, 0.05) is 24.7 Å². The Hall–Kier alpha value is -0.340. The van der Waals surface area contributed by atoms with Gasteiger partial charge in [0.25, 0.3) is 0 Å². The van der Waals surface area contributed by atoms with E-state index < -0.39 is 0 Å². The van der Waals surface area contributed by atoms with E-state index in [0.717, 1.165) is 36.3 Å². The van der Waals surface area contributed by atoms with Gasteiger partial charge in [0.1, 0.15) is 0 Å². The Bertz CT molecular complexity index is 391. The number of nitrogens with one attached hydrogen (secondary N) is 1. The molecule has 0 unspecified atom stereocenters. The third-order valence-electron chi connectivity index (χ3n) is 6.71. The highest BCUT2D eigenvalue weighted by Gasteiger charge is 2.54. The second-order valence-electron chi connectivity index (χ2n) is 7.86. The molecule has 4 rings (SSSR count). The smallest absolute Gasteiger partial charge is 0.0262 e. The summed E-state index contributed by atoms with van der Waals surface area (Å²) in [5.41, 5.74) is 0.437. The molecule has 2 heteroatoms. The minimum atomic E-state index is 0.437. The van der Waals surface area contributed by atoms with E-state index in [1.807, 2.05) is 0 Å². The fraction of sp³-hybridized carbons (Fsp3) is 0.882. The summed E-state index contributed by atoms with van der Waals surface area (Å²) in [5, 5.41) is 3.92. The van der Waals surface area contributed by atoms with Crippen LogP contribution in [0.1, 0.15) is 39.0 Å². The second-order valence-corrected chi connectivity index (χ2v) is 7.86. The Morgan fingerprint density at radius 1 is 1.21 bits per heavy atom. The zero-order valence-electron chi connectivity index (χ0n) is 12.4.